The first-order chi connectivity index (χ1) is 5.36. The van der Waals surface area contributed by atoms with Crippen molar-refractivity contribution in [3.05, 3.63) is 16.1 Å². The first-order valence-electron chi connectivity index (χ1n) is 3.79. The van der Waals surface area contributed by atoms with Gasteiger partial charge in [-0.05, 0) is 19.1 Å². The van der Waals surface area contributed by atoms with Crippen molar-refractivity contribution in [2.45, 2.75) is 25.5 Å². The van der Waals surface area contributed by atoms with Gasteiger partial charge in [0, 0.05) is 16.8 Å². The topological polar surface area (TPSA) is 12.9 Å². The van der Waals surface area contributed by atoms with E-state index >= 15 is 0 Å². The normalized spacial score (nSPS) is 10.4. The lowest BCUT2D eigenvalue weighted by Gasteiger charge is -1.88. The summed E-state index contributed by atoms with van der Waals surface area (Å²) in [6, 6.07) is 0. The molecular formula is C8H13NS2. The van der Waals surface area contributed by atoms with Gasteiger partial charge in [0.1, 0.15) is 0 Å². The largest absolute Gasteiger partial charge is 0.249 e. The number of hydrogen-bond acceptors (Lipinski definition) is 3. The highest BCUT2D eigenvalue weighted by Gasteiger charge is 1.98. The fourth-order valence-electron chi connectivity index (χ4n) is 0.886. The van der Waals surface area contributed by atoms with Crippen molar-refractivity contribution in [3.63, 3.8) is 0 Å². The SMILES string of the molecule is CCCc1ncc(CSC)s1. The summed E-state index contributed by atoms with van der Waals surface area (Å²) in [4.78, 5) is 5.73. The van der Waals surface area contributed by atoms with Crippen LogP contribution in [-0.2, 0) is 12.2 Å². The van der Waals surface area contributed by atoms with Gasteiger partial charge in [-0.25, -0.2) is 4.98 Å². The maximum absolute atomic E-state index is 4.33. The van der Waals surface area contributed by atoms with Crippen molar-refractivity contribution >= 4 is 23.1 Å². The smallest absolute Gasteiger partial charge is 0.0927 e. The van der Waals surface area contributed by atoms with Crippen LogP contribution < -0.4 is 0 Å². The fraction of sp³-hybridized carbons (Fsp3) is 0.625. The Morgan fingerprint density at radius 1 is 1.64 bits per heavy atom. The van der Waals surface area contributed by atoms with Gasteiger partial charge in [-0.3, -0.25) is 0 Å². The monoisotopic (exact) mass is 187 g/mol. The molecule has 0 saturated heterocycles. The third-order valence-electron chi connectivity index (χ3n) is 1.35. The second-order valence-electron chi connectivity index (χ2n) is 2.40. The summed E-state index contributed by atoms with van der Waals surface area (Å²) in [5.41, 5.74) is 0. The number of hydrogen-bond donors (Lipinski definition) is 0. The van der Waals surface area contributed by atoms with E-state index in [2.05, 4.69) is 18.2 Å². The highest BCUT2D eigenvalue weighted by molar-refractivity contribution is 7.97. The molecular weight excluding hydrogens is 174 g/mol. The van der Waals surface area contributed by atoms with Crippen molar-refractivity contribution in [1.29, 1.82) is 0 Å². The predicted molar refractivity (Wildman–Crippen MR) is 53.3 cm³/mol. The van der Waals surface area contributed by atoms with Crippen LogP contribution in [-0.4, -0.2) is 11.2 Å². The molecule has 1 aromatic heterocycles. The van der Waals surface area contributed by atoms with E-state index in [1.165, 1.54) is 16.3 Å². The molecule has 1 rings (SSSR count). The molecule has 1 heterocycles. The summed E-state index contributed by atoms with van der Waals surface area (Å²) in [5.74, 6) is 1.11. The summed E-state index contributed by atoms with van der Waals surface area (Å²) in [6.45, 7) is 2.19. The second kappa shape index (κ2) is 4.78. The Labute approximate surface area is 76.2 Å². The lowest BCUT2D eigenvalue weighted by atomic mass is 10.4. The minimum absolute atomic E-state index is 1.11. The zero-order chi connectivity index (χ0) is 8.10. The maximum Gasteiger partial charge on any atom is 0.0927 e. The molecule has 0 aliphatic heterocycles. The van der Waals surface area contributed by atoms with Crippen LogP contribution >= 0.6 is 23.1 Å². The molecule has 1 nitrogen and oxygen atoms in total. The number of aromatic nitrogens is 1. The molecule has 0 aliphatic carbocycles. The Balaban J connectivity index is 2.51. The molecule has 0 aliphatic rings. The minimum Gasteiger partial charge on any atom is -0.249 e. The van der Waals surface area contributed by atoms with Crippen LogP contribution in [0.5, 0.6) is 0 Å². The molecule has 0 fully saturated rings. The zero-order valence-corrected chi connectivity index (χ0v) is 8.60. The quantitative estimate of drug-likeness (QED) is 0.719. The molecule has 11 heavy (non-hydrogen) atoms. The van der Waals surface area contributed by atoms with E-state index < -0.39 is 0 Å². The van der Waals surface area contributed by atoms with Crippen molar-refractivity contribution in [1.82, 2.24) is 4.98 Å². The van der Waals surface area contributed by atoms with Gasteiger partial charge >= 0.3 is 0 Å². The first-order valence-corrected chi connectivity index (χ1v) is 6.00. The van der Waals surface area contributed by atoms with Crippen LogP contribution in [0.4, 0.5) is 0 Å². The number of thioether (sulfide) groups is 1. The van der Waals surface area contributed by atoms with E-state index in [0.29, 0.717) is 0 Å². The van der Waals surface area contributed by atoms with Crippen LogP contribution in [0.25, 0.3) is 0 Å². The van der Waals surface area contributed by atoms with Crippen molar-refractivity contribution < 1.29 is 0 Å². The predicted octanol–water partition coefficient (Wildman–Crippen LogP) is 2.96. The molecule has 0 aromatic carbocycles. The Hall–Kier alpha value is -0.0200. The molecule has 0 saturated carbocycles. The Morgan fingerprint density at radius 2 is 2.45 bits per heavy atom. The average molecular weight is 187 g/mol. The van der Waals surface area contributed by atoms with E-state index in [1.54, 1.807) is 0 Å². The van der Waals surface area contributed by atoms with Crippen LogP contribution in [0, 0.1) is 0 Å². The van der Waals surface area contributed by atoms with Crippen molar-refractivity contribution in [3.8, 4) is 0 Å². The molecule has 1 aromatic rings. The molecule has 0 bridgehead atoms. The standard InChI is InChI=1S/C8H13NS2/c1-3-4-8-9-5-7(11-8)6-10-2/h5H,3-4,6H2,1-2H3. The van der Waals surface area contributed by atoms with Crippen molar-refractivity contribution in [2.75, 3.05) is 6.26 Å². The summed E-state index contributed by atoms with van der Waals surface area (Å²) in [7, 11) is 0. The summed E-state index contributed by atoms with van der Waals surface area (Å²) >= 11 is 3.71. The summed E-state index contributed by atoms with van der Waals surface area (Å²) < 4.78 is 0. The molecule has 3 heteroatoms. The molecule has 0 radical (unpaired) electrons. The third kappa shape index (κ3) is 2.83. The van der Waals surface area contributed by atoms with Gasteiger partial charge in [-0.2, -0.15) is 11.8 Å². The van der Waals surface area contributed by atoms with E-state index in [9.17, 15) is 0 Å². The molecule has 0 spiro atoms. The third-order valence-corrected chi connectivity index (χ3v) is 3.19. The molecule has 0 atom stereocenters. The van der Waals surface area contributed by atoms with E-state index in [0.717, 1.165) is 12.2 Å². The Kier molecular flexibility index (Phi) is 3.94. The van der Waals surface area contributed by atoms with Gasteiger partial charge in [-0.15, -0.1) is 11.3 Å². The molecule has 0 unspecified atom stereocenters. The van der Waals surface area contributed by atoms with Gasteiger partial charge in [0.25, 0.3) is 0 Å². The first kappa shape index (κ1) is 9.07. The average Bonchev–Trinajstić information content (AvgIpc) is 2.38. The summed E-state index contributed by atoms with van der Waals surface area (Å²) in [5, 5.41) is 1.29. The fourth-order valence-corrected chi connectivity index (χ4v) is 2.65. The lowest BCUT2D eigenvalue weighted by molar-refractivity contribution is 0.909. The zero-order valence-electron chi connectivity index (χ0n) is 6.96. The number of nitrogens with zero attached hydrogens (tertiary/aromatic N) is 1. The van der Waals surface area contributed by atoms with Crippen LogP contribution in [0.2, 0.25) is 0 Å². The molecule has 0 amide bonds. The van der Waals surface area contributed by atoms with Gasteiger partial charge in [-0.1, -0.05) is 6.92 Å². The minimum atomic E-state index is 1.11. The highest BCUT2D eigenvalue weighted by atomic mass is 32.2. The lowest BCUT2D eigenvalue weighted by Crippen LogP contribution is -1.76. The maximum atomic E-state index is 4.33. The highest BCUT2D eigenvalue weighted by Crippen LogP contribution is 2.18. The van der Waals surface area contributed by atoms with Gasteiger partial charge in [0.05, 0.1) is 5.01 Å². The molecule has 0 N–H and O–H groups in total. The van der Waals surface area contributed by atoms with E-state index in [4.69, 9.17) is 0 Å². The van der Waals surface area contributed by atoms with Crippen molar-refractivity contribution in [2.24, 2.45) is 0 Å². The number of aryl methyl sites for hydroxylation is 1. The van der Waals surface area contributed by atoms with Gasteiger partial charge in [0.15, 0.2) is 0 Å². The van der Waals surface area contributed by atoms with Crippen LogP contribution in [0.3, 0.4) is 0 Å². The Bertz CT molecular complexity index is 187. The van der Waals surface area contributed by atoms with Gasteiger partial charge in [0.2, 0.25) is 0 Å². The Morgan fingerprint density at radius 3 is 3.09 bits per heavy atom. The molecule has 62 valence electrons. The second-order valence-corrected chi connectivity index (χ2v) is 4.47. The van der Waals surface area contributed by atoms with Crippen LogP contribution in [0.15, 0.2) is 6.20 Å². The van der Waals surface area contributed by atoms with Gasteiger partial charge < -0.3 is 0 Å². The van der Waals surface area contributed by atoms with E-state index in [-0.39, 0.29) is 0 Å². The number of thiazole rings is 1. The van der Waals surface area contributed by atoms with Crippen LogP contribution in [0.1, 0.15) is 23.2 Å². The number of rotatable bonds is 4. The van der Waals surface area contributed by atoms with E-state index in [1.807, 2.05) is 29.3 Å². The summed E-state index contributed by atoms with van der Waals surface area (Å²) in [6.07, 6.45) is 6.47.